The number of aromatic nitrogens is 1. The monoisotopic (exact) mass is 266 g/mol. The number of nitrogens with two attached hydrogens (primary N) is 1. The van der Waals surface area contributed by atoms with Gasteiger partial charge in [0.25, 0.3) is 0 Å². The van der Waals surface area contributed by atoms with Crippen molar-refractivity contribution in [3.63, 3.8) is 0 Å². The average molecular weight is 267 g/mol. The van der Waals surface area contributed by atoms with Gasteiger partial charge in [-0.1, -0.05) is 11.6 Å². The second-order valence-electron chi connectivity index (χ2n) is 5.35. The van der Waals surface area contributed by atoms with Gasteiger partial charge in [-0.05, 0) is 32.4 Å². The van der Waals surface area contributed by atoms with E-state index in [0.29, 0.717) is 16.8 Å². The minimum atomic E-state index is 0.602. The molecule has 3 heterocycles. The third-order valence-electron chi connectivity index (χ3n) is 4.31. The predicted molar refractivity (Wildman–Crippen MR) is 75.1 cm³/mol. The number of nitrogen functional groups attached to an aromatic ring is 1. The van der Waals surface area contributed by atoms with Gasteiger partial charge in [0.2, 0.25) is 0 Å². The molecule has 0 saturated carbocycles. The largest absolute Gasteiger partial charge is 0.396 e. The zero-order chi connectivity index (χ0) is 12.7. The second-order valence-corrected chi connectivity index (χ2v) is 5.79. The Balaban J connectivity index is 1.84. The molecule has 4 nitrogen and oxygen atoms in total. The summed E-state index contributed by atoms with van der Waals surface area (Å²) in [5.74, 6) is 0.889. The van der Waals surface area contributed by atoms with Gasteiger partial charge in [-0.15, -0.1) is 0 Å². The summed E-state index contributed by atoms with van der Waals surface area (Å²) >= 11 is 5.91. The molecule has 1 aromatic heterocycles. The summed E-state index contributed by atoms with van der Waals surface area (Å²) in [4.78, 5) is 9.23. The van der Waals surface area contributed by atoms with E-state index >= 15 is 0 Å². The smallest absolute Gasteiger partial charge is 0.151 e. The summed E-state index contributed by atoms with van der Waals surface area (Å²) in [6.07, 6.45) is 5.49. The fraction of sp³-hybridized carbons (Fsp3) is 0.615. The Morgan fingerprint density at radius 1 is 1.33 bits per heavy atom. The van der Waals surface area contributed by atoms with Crippen molar-refractivity contribution < 1.29 is 0 Å². The highest BCUT2D eigenvalue weighted by molar-refractivity contribution is 6.30. The normalized spacial score (nSPS) is 28.4. The van der Waals surface area contributed by atoms with Crippen LogP contribution in [0.2, 0.25) is 5.02 Å². The average Bonchev–Trinajstić information content (AvgIpc) is 2.55. The van der Waals surface area contributed by atoms with Crippen molar-refractivity contribution in [2.45, 2.75) is 31.3 Å². The van der Waals surface area contributed by atoms with Crippen LogP contribution < -0.4 is 10.6 Å². The lowest BCUT2D eigenvalue weighted by Crippen LogP contribution is -2.37. The van der Waals surface area contributed by atoms with E-state index in [9.17, 15) is 0 Å². The lowest BCUT2D eigenvalue weighted by molar-refractivity contribution is 0.254. The minimum absolute atomic E-state index is 0.602. The molecule has 2 aliphatic heterocycles. The number of fused-ring (bicyclic) bond motifs is 2. The standard InChI is InChI=1S/C13H19ClN4/c1-17-10-2-3-11(17)8-18(5-4-10)13-12(15)6-9(14)7-16-13/h6-7,10-11H,2-5,8,15H2,1H3. The van der Waals surface area contributed by atoms with Crippen LogP contribution in [0.1, 0.15) is 19.3 Å². The molecule has 5 heteroatoms. The SMILES string of the molecule is CN1C2CCC1CN(c1ncc(Cl)cc1N)CC2. The minimum Gasteiger partial charge on any atom is -0.396 e. The van der Waals surface area contributed by atoms with Crippen molar-refractivity contribution in [1.29, 1.82) is 0 Å². The maximum Gasteiger partial charge on any atom is 0.151 e. The second kappa shape index (κ2) is 4.59. The van der Waals surface area contributed by atoms with Crippen molar-refractivity contribution in [2.75, 3.05) is 30.8 Å². The number of hydrogen-bond donors (Lipinski definition) is 1. The van der Waals surface area contributed by atoms with Crippen LogP contribution in [0.3, 0.4) is 0 Å². The van der Waals surface area contributed by atoms with Crippen LogP contribution in [0.5, 0.6) is 0 Å². The third kappa shape index (κ3) is 2.04. The zero-order valence-corrected chi connectivity index (χ0v) is 11.4. The molecule has 2 N–H and O–H groups in total. The highest BCUT2D eigenvalue weighted by Gasteiger charge is 2.35. The predicted octanol–water partition coefficient (Wildman–Crippen LogP) is 1.99. The number of pyridine rings is 1. The van der Waals surface area contributed by atoms with Crippen LogP contribution in [0.25, 0.3) is 0 Å². The first kappa shape index (κ1) is 12.1. The Morgan fingerprint density at radius 2 is 2.11 bits per heavy atom. The van der Waals surface area contributed by atoms with Crippen LogP contribution in [-0.2, 0) is 0 Å². The molecule has 0 spiro atoms. The molecule has 3 rings (SSSR count). The highest BCUT2D eigenvalue weighted by atomic mass is 35.5. The van der Waals surface area contributed by atoms with E-state index in [1.54, 1.807) is 12.3 Å². The van der Waals surface area contributed by atoms with E-state index in [-0.39, 0.29) is 0 Å². The van der Waals surface area contributed by atoms with Gasteiger partial charge in [0, 0.05) is 31.4 Å². The molecule has 2 fully saturated rings. The van der Waals surface area contributed by atoms with Gasteiger partial charge in [0.05, 0.1) is 10.7 Å². The maximum absolute atomic E-state index is 6.03. The molecule has 2 saturated heterocycles. The first-order chi connectivity index (χ1) is 8.65. The molecule has 0 radical (unpaired) electrons. The Bertz CT molecular complexity index is 451. The molecule has 2 atom stereocenters. The van der Waals surface area contributed by atoms with E-state index in [1.165, 1.54) is 19.3 Å². The number of anilines is 2. The molecule has 18 heavy (non-hydrogen) atoms. The van der Waals surface area contributed by atoms with Crippen molar-refractivity contribution >= 4 is 23.1 Å². The van der Waals surface area contributed by atoms with Gasteiger partial charge in [-0.3, -0.25) is 4.90 Å². The molecule has 2 aliphatic rings. The third-order valence-corrected chi connectivity index (χ3v) is 4.52. The van der Waals surface area contributed by atoms with E-state index in [0.717, 1.165) is 24.9 Å². The number of rotatable bonds is 1. The van der Waals surface area contributed by atoms with Gasteiger partial charge in [-0.25, -0.2) is 4.98 Å². The summed E-state index contributed by atoms with van der Waals surface area (Å²) in [6.45, 7) is 2.05. The van der Waals surface area contributed by atoms with Crippen molar-refractivity contribution in [3.8, 4) is 0 Å². The molecule has 0 aromatic carbocycles. The van der Waals surface area contributed by atoms with Crippen LogP contribution in [-0.4, -0.2) is 42.1 Å². The molecule has 0 aliphatic carbocycles. The number of nitrogens with zero attached hydrogens (tertiary/aromatic N) is 3. The van der Waals surface area contributed by atoms with Gasteiger partial charge in [0.1, 0.15) is 0 Å². The van der Waals surface area contributed by atoms with Gasteiger partial charge < -0.3 is 10.6 Å². The van der Waals surface area contributed by atoms with E-state index < -0.39 is 0 Å². The summed E-state index contributed by atoms with van der Waals surface area (Å²) < 4.78 is 0. The number of likely N-dealkylation sites (N-methyl/N-ethyl adjacent to an activating group) is 1. The quantitative estimate of drug-likeness (QED) is 0.844. The zero-order valence-electron chi connectivity index (χ0n) is 10.6. The summed E-state index contributed by atoms with van der Waals surface area (Å²) in [6, 6.07) is 3.15. The Morgan fingerprint density at radius 3 is 2.89 bits per heavy atom. The molecule has 2 unspecified atom stereocenters. The molecular formula is C13H19ClN4. The van der Waals surface area contributed by atoms with Crippen molar-refractivity contribution in [1.82, 2.24) is 9.88 Å². The Hall–Kier alpha value is -1.00. The van der Waals surface area contributed by atoms with E-state index in [1.807, 2.05) is 0 Å². The first-order valence-electron chi connectivity index (χ1n) is 6.53. The summed E-state index contributed by atoms with van der Waals surface area (Å²) in [5.41, 5.74) is 6.72. The lowest BCUT2D eigenvalue weighted by atomic mass is 10.1. The lowest BCUT2D eigenvalue weighted by Gasteiger charge is -2.27. The summed E-state index contributed by atoms with van der Waals surface area (Å²) in [5, 5.41) is 0.602. The van der Waals surface area contributed by atoms with E-state index in [4.69, 9.17) is 17.3 Å². The van der Waals surface area contributed by atoms with Crippen LogP contribution in [0.4, 0.5) is 11.5 Å². The Kier molecular flexibility index (Phi) is 3.08. The van der Waals surface area contributed by atoms with Crippen molar-refractivity contribution in [3.05, 3.63) is 17.3 Å². The topological polar surface area (TPSA) is 45.4 Å². The fourth-order valence-electron chi connectivity index (χ4n) is 3.21. The van der Waals surface area contributed by atoms with Gasteiger partial charge >= 0.3 is 0 Å². The number of hydrogen-bond acceptors (Lipinski definition) is 4. The molecule has 0 amide bonds. The van der Waals surface area contributed by atoms with Crippen LogP contribution >= 0.6 is 11.6 Å². The fourth-order valence-corrected chi connectivity index (χ4v) is 3.38. The van der Waals surface area contributed by atoms with Crippen LogP contribution in [0.15, 0.2) is 12.3 Å². The number of halogens is 1. The van der Waals surface area contributed by atoms with Gasteiger partial charge in [0.15, 0.2) is 5.82 Å². The highest BCUT2D eigenvalue weighted by Crippen LogP contribution is 2.32. The molecule has 2 bridgehead atoms. The Labute approximate surface area is 113 Å². The molecule has 98 valence electrons. The maximum atomic E-state index is 6.03. The molecular weight excluding hydrogens is 248 g/mol. The van der Waals surface area contributed by atoms with Gasteiger partial charge in [-0.2, -0.15) is 0 Å². The van der Waals surface area contributed by atoms with Crippen LogP contribution in [0, 0.1) is 0 Å². The molecule has 1 aromatic rings. The van der Waals surface area contributed by atoms with E-state index in [2.05, 4.69) is 21.8 Å². The van der Waals surface area contributed by atoms with Crippen molar-refractivity contribution in [2.24, 2.45) is 0 Å². The first-order valence-corrected chi connectivity index (χ1v) is 6.91. The summed E-state index contributed by atoms with van der Waals surface area (Å²) in [7, 11) is 2.24.